The Balaban J connectivity index is 3.33. The molecule has 0 amide bonds. The summed E-state index contributed by atoms with van der Waals surface area (Å²) in [7, 11) is 4.27. The number of unbranched alkanes of at least 4 members (excludes halogenated alkanes) is 20. The Kier molecular flexibility index (Phi) is 29.0. The minimum atomic E-state index is 0.376. The summed E-state index contributed by atoms with van der Waals surface area (Å²) in [6.07, 6.45) is 30.6. The molecule has 0 radical (unpaired) electrons. The Hall–Kier alpha value is -0.120. The normalized spacial score (nSPS) is 12.6. The molecular weight excluding hydrogens is 418 g/mol. The third kappa shape index (κ3) is 26.5. The molecule has 0 aliphatic heterocycles. The van der Waals surface area contributed by atoms with E-state index in [1.165, 1.54) is 141 Å². The van der Waals surface area contributed by atoms with Crippen LogP contribution in [0.1, 0.15) is 155 Å². The Morgan fingerprint density at radius 2 is 0.676 bits per heavy atom. The topological polar surface area (TPSA) is 21.7 Å². The molecule has 0 aromatic heterocycles. The van der Waals surface area contributed by atoms with Gasteiger partial charge in [0.25, 0.3) is 0 Å². The van der Waals surface area contributed by atoms with Gasteiger partial charge in [-0.1, -0.05) is 142 Å². The van der Waals surface area contributed by atoms with E-state index in [9.17, 15) is 0 Å². The highest BCUT2D eigenvalue weighted by Crippen LogP contribution is 2.14. The highest BCUT2D eigenvalue weighted by atomic mass is 16.5. The molecule has 0 saturated heterocycles. The van der Waals surface area contributed by atoms with Crippen molar-refractivity contribution >= 4 is 0 Å². The molecule has 0 aromatic rings. The van der Waals surface area contributed by atoms with E-state index < -0.39 is 0 Å². The second-order valence-corrected chi connectivity index (χ2v) is 10.8. The van der Waals surface area contributed by atoms with Crippen LogP contribution in [0.5, 0.6) is 0 Å². The fourth-order valence-corrected chi connectivity index (χ4v) is 4.52. The highest BCUT2D eigenvalue weighted by molar-refractivity contribution is 4.64. The predicted octanol–water partition coefficient (Wildman–Crippen LogP) is 9.57. The van der Waals surface area contributed by atoms with Gasteiger partial charge in [0.1, 0.15) is 0 Å². The molecule has 0 N–H and O–H groups in total. The van der Waals surface area contributed by atoms with E-state index in [0.29, 0.717) is 6.04 Å². The molecule has 0 aromatic carbocycles. The van der Waals surface area contributed by atoms with Crippen LogP contribution in [0, 0.1) is 0 Å². The highest BCUT2D eigenvalue weighted by Gasteiger charge is 2.11. The van der Waals surface area contributed by atoms with Crippen molar-refractivity contribution in [3.05, 3.63) is 0 Å². The molecule has 0 saturated carbocycles. The minimum Gasteiger partial charge on any atom is -0.380 e. The van der Waals surface area contributed by atoms with Crippen molar-refractivity contribution in [3.8, 4) is 0 Å². The van der Waals surface area contributed by atoms with Crippen molar-refractivity contribution in [1.82, 2.24) is 4.90 Å². The van der Waals surface area contributed by atoms with E-state index in [2.05, 4.69) is 32.8 Å². The van der Waals surface area contributed by atoms with Crippen molar-refractivity contribution in [2.24, 2.45) is 0 Å². The van der Waals surface area contributed by atoms with Gasteiger partial charge in [-0.3, -0.25) is 0 Å². The van der Waals surface area contributed by atoms with Gasteiger partial charge < -0.3 is 14.4 Å². The van der Waals surface area contributed by atoms with E-state index in [4.69, 9.17) is 9.47 Å². The molecule has 3 heteroatoms. The van der Waals surface area contributed by atoms with Crippen LogP contribution < -0.4 is 0 Å². The number of nitrogens with zero attached hydrogens (tertiary/aromatic N) is 1. The Morgan fingerprint density at radius 3 is 0.941 bits per heavy atom. The first-order valence-electron chi connectivity index (χ1n) is 15.5. The maximum atomic E-state index is 5.98. The fraction of sp³-hybridized carbons (Fsp3) is 1.00. The van der Waals surface area contributed by atoms with E-state index in [-0.39, 0.29) is 0 Å². The maximum absolute atomic E-state index is 5.98. The third-order valence-corrected chi connectivity index (χ3v) is 7.14. The quantitative estimate of drug-likeness (QED) is 0.0988. The van der Waals surface area contributed by atoms with Gasteiger partial charge in [-0.05, 0) is 26.9 Å². The monoisotopic (exact) mass is 484 g/mol. The lowest BCUT2D eigenvalue weighted by Crippen LogP contribution is -2.37. The maximum Gasteiger partial charge on any atom is 0.0644 e. The zero-order valence-corrected chi connectivity index (χ0v) is 24.2. The molecule has 34 heavy (non-hydrogen) atoms. The second kappa shape index (κ2) is 29.1. The van der Waals surface area contributed by atoms with Gasteiger partial charge >= 0.3 is 0 Å². The van der Waals surface area contributed by atoms with Gasteiger partial charge in [-0.25, -0.2) is 0 Å². The number of hydrogen-bond acceptors (Lipinski definition) is 3. The molecule has 3 nitrogen and oxygen atoms in total. The van der Waals surface area contributed by atoms with Crippen LogP contribution in [-0.2, 0) is 9.47 Å². The van der Waals surface area contributed by atoms with Crippen molar-refractivity contribution in [3.63, 3.8) is 0 Å². The summed E-state index contributed by atoms with van der Waals surface area (Å²) in [6.45, 7) is 7.96. The van der Waals surface area contributed by atoms with Crippen LogP contribution in [-0.4, -0.2) is 51.5 Å². The lowest BCUT2D eigenvalue weighted by molar-refractivity contribution is 0.0197. The summed E-state index contributed by atoms with van der Waals surface area (Å²) in [5.41, 5.74) is 0. The lowest BCUT2D eigenvalue weighted by atomic mass is 10.0. The Morgan fingerprint density at radius 1 is 0.412 bits per heavy atom. The summed E-state index contributed by atoms with van der Waals surface area (Å²) in [4.78, 5) is 2.24. The summed E-state index contributed by atoms with van der Waals surface area (Å²) in [6, 6.07) is 0.376. The Bertz CT molecular complexity index is 361. The van der Waals surface area contributed by atoms with Gasteiger partial charge in [0, 0.05) is 13.2 Å². The average molecular weight is 484 g/mol. The van der Waals surface area contributed by atoms with Crippen LogP contribution >= 0.6 is 0 Å². The van der Waals surface area contributed by atoms with E-state index >= 15 is 0 Å². The molecule has 0 aliphatic rings. The lowest BCUT2D eigenvalue weighted by Gasteiger charge is -2.24. The zero-order chi connectivity index (χ0) is 25.0. The molecule has 206 valence electrons. The molecule has 0 spiro atoms. The molecule has 0 unspecified atom stereocenters. The molecule has 0 bridgehead atoms. The third-order valence-electron chi connectivity index (χ3n) is 7.14. The summed E-state index contributed by atoms with van der Waals surface area (Å²) < 4.78 is 11.9. The Labute approximate surface area is 216 Å². The molecule has 0 heterocycles. The number of hydrogen-bond donors (Lipinski definition) is 0. The van der Waals surface area contributed by atoms with Crippen LogP contribution in [0.15, 0.2) is 0 Å². The van der Waals surface area contributed by atoms with Gasteiger partial charge in [-0.2, -0.15) is 0 Å². The largest absolute Gasteiger partial charge is 0.380 e. The number of ether oxygens (including phenoxy) is 2. The van der Waals surface area contributed by atoms with Crippen LogP contribution in [0.3, 0.4) is 0 Å². The first-order valence-corrected chi connectivity index (χ1v) is 15.5. The summed E-state index contributed by atoms with van der Waals surface area (Å²) in [5.74, 6) is 0. The average Bonchev–Trinajstić information content (AvgIpc) is 2.83. The molecule has 0 rings (SSSR count). The predicted molar refractivity (Wildman–Crippen MR) is 152 cm³/mol. The smallest absolute Gasteiger partial charge is 0.0644 e. The summed E-state index contributed by atoms with van der Waals surface area (Å²) in [5, 5.41) is 0. The van der Waals surface area contributed by atoms with Gasteiger partial charge in [0.15, 0.2) is 0 Å². The standard InChI is InChI=1S/C31H65NO2/c1-5-7-9-11-13-14-15-16-17-18-19-20-21-22-24-26-28-34-30-31(32(3)4)29-33-27-25-23-12-10-8-6-2/h31H,5-30H2,1-4H3/t31-/m1/s1. The van der Waals surface area contributed by atoms with Crippen LogP contribution in [0.4, 0.5) is 0 Å². The second-order valence-electron chi connectivity index (χ2n) is 10.8. The number of likely N-dealkylation sites (N-methyl/N-ethyl adjacent to an activating group) is 1. The van der Waals surface area contributed by atoms with Crippen molar-refractivity contribution in [2.75, 3.05) is 40.5 Å². The van der Waals surface area contributed by atoms with Crippen molar-refractivity contribution in [1.29, 1.82) is 0 Å². The molecule has 0 aliphatic carbocycles. The van der Waals surface area contributed by atoms with Gasteiger partial charge in [0.2, 0.25) is 0 Å². The number of rotatable bonds is 29. The van der Waals surface area contributed by atoms with Gasteiger partial charge in [0.05, 0.1) is 19.3 Å². The summed E-state index contributed by atoms with van der Waals surface area (Å²) >= 11 is 0. The molecular formula is C31H65NO2. The molecule has 0 fully saturated rings. The first-order chi connectivity index (χ1) is 16.7. The molecule has 1 atom stereocenters. The fourth-order valence-electron chi connectivity index (χ4n) is 4.52. The van der Waals surface area contributed by atoms with Crippen LogP contribution in [0.25, 0.3) is 0 Å². The van der Waals surface area contributed by atoms with E-state index in [0.717, 1.165) is 26.4 Å². The van der Waals surface area contributed by atoms with Crippen molar-refractivity contribution < 1.29 is 9.47 Å². The van der Waals surface area contributed by atoms with E-state index in [1.807, 2.05) is 0 Å². The minimum absolute atomic E-state index is 0.376. The first kappa shape index (κ1) is 33.9. The zero-order valence-electron chi connectivity index (χ0n) is 24.2. The van der Waals surface area contributed by atoms with Crippen molar-refractivity contribution in [2.45, 2.75) is 161 Å². The van der Waals surface area contributed by atoms with E-state index in [1.54, 1.807) is 0 Å². The van der Waals surface area contributed by atoms with Crippen LogP contribution in [0.2, 0.25) is 0 Å². The van der Waals surface area contributed by atoms with Gasteiger partial charge in [-0.15, -0.1) is 0 Å². The SMILES string of the molecule is CCCCCCCCCCCCCCCCCCOC[C@@H](COCCCCCCCC)N(C)C.